The first-order valence-corrected chi connectivity index (χ1v) is 8.30. The van der Waals surface area contributed by atoms with Crippen molar-refractivity contribution in [3.63, 3.8) is 0 Å². The first-order chi connectivity index (χ1) is 11.0. The third kappa shape index (κ3) is 2.92. The summed E-state index contributed by atoms with van der Waals surface area (Å²) in [5, 5.41) is 0. The Kier molecular flexibility index (Phi) is 3.82. The summed E-state index contributed by atoms with van der Waals surface area (Å²) in [5.74, 6) is -0.216. The van der Waals surface area contributed by atoms with E-state index in [0.29, 0.717) is 5.56 Å². The highest BCUT2D eigenvalue weighted by Crippen LogP contribution is 2.20. The Hall–Kier alpha value is -2.76. The van der Waals surface area contributed by atoms with Crippen LogP contribution in [-0.4, -0.2) is 24.8 Å². The number of aryl methyl sites for hydroxylation is 1. The summed E-state index contributed by atoms with van der Waals surface area (Å²) in [7, 11) is -3.95. The molecule has 7 heteroatoms. The normalized spacial score (nSPS) is 15.7. The van der Waals surface area contributed by atoms with E-state index in [-0.39, 0.29) is 23.1 Å². The lowest BCUT2D eigenvalue weighted by Crippen LogP contribution is -2.27. The van der Waals surface area contributed by atoms with Crippen molar-refractivity contribution in [2.24, 2.45) is 4.40 Å². The summed E-state index contributed by atoms with van der Waals surface area (Å²) >= 11 is 0. The zero-order valence-corrected chi connectivity index (χ0v) is 13.1. The number of ether oxygens (including phenoxy) is 1. The molecule has 2 aromatic rings. The lowest BCUT2D eigenvalue weighted by Gasteiger charge is -2.14. The van der Waals surface area contributed by atoms with Crippen molar-refractivity contribution in [1.82, 2.24) is 0 Å². The molecule has 0 N–H and O–H groups in total. The van der Waals surface area contributed by atoms with Crippen LogP contribution in [-0.2, 0) is 21.4 Å². The van der Waals surface area contributed by atoms with Gasteiger partial charge in [0.25, 0.3) is 10.0 Å². The van der Waals surface area contributed by atoms with Gasteiger partial charge in [-0.15, -0.1) is 4.40 Å². The molecule has 0 aliphatic carbocycles. The largest absolute Gasteiger partial charge is 0.467 e. The number of rotatable bonds is 2. The number of hydrogen-bond acceptors (Lipinski definition) is 3. The van der Waals surface area contributed by atoms with Crippen molar-refractivity contribution in [2.75, 3.05) is 0 Å². The van der Waals surface area contributed by atoms with Gasteiger partial charge in [0.2, 0.25) is 0 Å². The molecule has 23 heavy (non-hydrogen) atoms. The molecule has 116 valence electrons. The predicted molar refractivity (Wildman–Crippen MR) is 84.8 cm³/mol. The highest BCUT2D eigenvalue weighted by Gasteiger charge is 2.32. The maximum absolute atomic E-state index is 12.4. The van der Waals surface area contributed by atoms with Gasteiger partial charge >= 0.3 is 11.6 Å². The molecule has 0 fully saturated rings. The van der Waals surface area contributed by atoms with Crippen LogP contribution in [0, 0.1) is 6.92 Å². The maximum atomic E-state index is 12.4. The van der Waals surface area contributed by atoms with Gasteiger partial charge in [-0.1, -0.05) is 35.9 Å². The van der Waals surface area contributed by atoms with E-state index in [1.807, 2.05) is 19.1 Å². The quantitative estimate of drug-likeness (QED) is 0.626. The van der Waals surface area contributed by atoms with E-state index in [4.69, 9.17) is 4.74 Å². The molecule has 1 heterocycles. The highest BCUT2D eigenvalue weighted by molar-refractivity contribution is 7.90. The van der Waals surface area contributed by atoms with Gasteiger partial charge in [0, 0.05) is 5.56 Å². The van der Waals surface area contributed by atoms with Gasteiger partial charge in [0.1, 0.15) is 6.61 Å². The fourth-order valence-corrected chi connectivity index (χ4v) is 3.19. The van der Waals surface area contributed by atoms with E-state index in [9.17, 15) is 13.9 Å². The monoisotopic (exact) mass is 327 g/mol. The maximum Gasteiger partial charge on any atom is 0.384 e. The number of sulfonamides is 1. The van der Waals surface area contributed by atoms with Crippen LogP contribution in [0.4, 0.5) is 0 Å². The van der Waals surface area contributed by atoms with Crippen molar-refractivity contribution in [2.45, 2.75) is 18.4 Å². The van der Waals surface area contributed by atoms with Crippen molar-refractivity contribution in [3.8, 4) is 0 Å². The van der Waals surface area contributed by atoms with Crippen LogP contribution in [0.3, 0.4) is 0 Å². The SMILES string of the molecule is Cc1ccc(S(=O)(=O)/N=C2/OCc3ccccc3C2=[N+]=[N-])cc1. The number of benzene rings is 2. The van der Waals surface area contributed by atoms with Crippen LogP contribution < -0.4 is 0 Å². The molecule has 3 rings (SSSR count). The molecule has 0 amide bonds. The number of nitrogens with zero attached hydrogens (tertiary/aromatic N) is 3. The fraction of sp³-hybridized carbons (Fsp3) is 0.125. The molecule has 0 aromatic heterocycles. The Morgan fingerprint density at radius 2 is 1.83 bits per heavy atom. The van der Waals surface area contributed by atoms with Gasteiger partial charge in [-0.2, -0.15) is 13.2 Å². The molecule has 1 aliphatic heterocycles. The molecule has 6 nitrogen and oxygen atoms in total. The number of fused-ring (bicyclic) bond motifs is 1. The predicted octanol–water partition coefficient (Wildman–Crippen LogP) is 2.33. The molecule has 0 unspecified atom stereocenters. The Balaban J connectivity index is 2.06. The molecule has 2 aromatic carbocycles. The molecule has 0 saturated heterocycles. The summed E-state index contributed by atoms with van der Waals surface area (Å²) in [6, 6.07) is 13.4. The van der Waals surface area contributed by atoms with Gasteiger partial charge in [0.15, 0.2) is 0 Å². The third-order valence-corrected chi connectivity index (χ3v) is 4.74. The summed E-state index contributed by atoms with van der Waals surface area (Å²) < 4.78 is 33.8. The van der Waals surface area contributed by atoms with Crippen LogP contribution in [0.1, 0.15) is 16.7 Å². The van der Waals surface area contributed by atoms with E-state index in [0.717, 1.165) is 11.1 Å². The second kappa shape index (κ2) is 5.79. The molecule has 1 aliphatic rings. The van der Waals surface area contributed by atoms with Crippen LogP contribution in [0.25, 0.3) is 5.53 Å². The third-order valence-electron chi connectivity index (χ3n) is 3.46. The Labute approximate surface area is 133 Å². The van der Waals surface area contributed by atoms with E-state index in [2.05, 4.69) is 9.19 Å². The summed E-state index contributed by atoms with van der Waals surface area (Å²) in [6.07, 6.45) is 0. The van der Waals surface area contributed by atoms with Crippen LogP contribution in [0.2, 0.25) is 0 Å². The molecular formula is C16H13N3O3S. The Morgan fingerprint density at radius 3 is 2.52 bits per heavy atom. The minimum atomic E-state index is -3.95. The molecule has 0 saturated carbocycles. The Bertz CT molecular complexity index is 941. The van der Waals surface area contributed by atoms with E-state index >= 15 is 0 Å². The van der Waals surface area contributed by atoms with E-state index in [1.54, 1.807) is 24.3 Å². The Morgan fingerprint density at radius 1 is 1.13 bits per heavy atom. The van der Waals surface area contributed by atoms with Crippen molar-refractivity contribution >= 4 is 21.6 Å². The molecule has 0 atom stereocenters. The highest BCUT2D eigenvalue weighted by atomic mass is 32.2. The zero-order chi connectivity index (χ0) is 16.4. The molecule has 0 bridgehead atoms. The van der Waals surface area contributed by atoms with Crippen LogP contribution in [0.5, 0.6) is 0 Å². The van der Waals surface area contributed by atoms with Gasteiger partial charge in [-0.3, -0.25) is 0 Å². The van der Waals surface area contributed by atoms with Gasteiger partial charge in [0.05, 0.1) is 10.5 Å². The fourth-order valence-electron chi connectivity index (χ4n) is 2.25. The average molecular weight is 327 g/mol. The van der Waals surface area contributed by atoms with Crippen LogP contribution >= 0.6 is 0 Å². The molecule has 0 spiro atoms. The van der Waals surface area contributed by atoms with E-state index < -0.39 is 10.0 Å². The molecular weight excluding hydrogens is 314 g/mol. The lowest BCUT2D eigenvalue weighted by molar-refractivity contribution is -0.00360. The van der Waals surface area contributed by atoms with E-state index in [1.165, 1.54) is 12.1 Å². The van der Waals surface area contributed by atoms with Crippen molar-refractivity contribution in [1.29, 1.82) is 0 Å². The van der Waals surface area contributed by atoms with Gasteiger partial charge in [-0.25, -0.2) is 0 Å². The minimum Gasteiger partial charge on any atom is -0.467 e. The van der Waals surface area contributed by atoms with Gasteiger partial charge in [-0.05, 0) is 25.1 Å². The van der Waals surface area contributed by atoms with Crippen LogP contribution in [0.15, 0.2) is 57.8 Å². The number of hydrogen-bond donors (Lipinski definition) is 0. The minimum absolute atomic E-state index is 0.00235. The smallest absolute Gasteiger partial charge is 0.384 e. The average Bonchev–Trinajstić information content (AvgIpc) is 2.55. The molecule has 0 radical (unpaired) electrons. The zero-order valence-electron chi connectivity index (χ0n) is 12.3. The summed E-state index contributed by atoms with van der Waals surface area (Å²) in [6.45, 7) is 2.03. The second-order valence-corrected chi connectivity index (χ2v) is 6.68. The summed E-state index contributed by atoms with van der Waals surface area (Å²) in [4.78, 5) is 3.21. The van der Waals surface area contributed by atoms with Crippen molar-refractivity contribution in [3.05, 3.63) is 70.8 Å². The standard InChI is InChI=1S/C16H13N3O3S/c1-11-6-8-13(9-7-11)23(20,21)19-16-15(18-17)14-5-3-2-4-12(14)10-22-16/h2-9H,10H2,1H3/b19-16+. The second-order valence-electron chi connectivity index (χ2n) is 5.08. The van der Waals surface area contributed by atoms with Gasteiger partial charge < -0.3 is 10.3 Å². The lowest BCUT2D eigenvalue weighted by atomic mass is 10.0. The first kappa shape index (κ1) is 15.1. The van der Waals surface area contributed by atoms with Crippen molar-refractivity contribution < 1.29 is 17.9 Å². The first-order valence-electron chi connectivity index (χ1n) is 6.86. The topological polar surface area (TPSA) is 92.1 Å². The summed E-state index contributed by atoms with van der Waals surface area (Å²) in [5.41, 5.74) is 11.6.